The van der Waals surface area contributed by atoms with Crippen LogP contribution in [0.15, 0.2) is 29.9 Å². The molecule has 0 radical (unpaired) electrons. The number of carbonyl (C=O) groups is 1. The number of halogens is 1. The summed E-state index contributed by atoms with van der Waals surface area (Å²) in [4.78, 5) is 10.8. The molecule has 3 N–H and O–H groups in total. The van der Waals surface area contributed by atoms with Crippen molar-refractivity contribution in [3.63, 3.8) is 0 Å². The van der Waals surface area contributed by atoms with E-state index >= 15 is 0 Å². The average Bonchev–Trinajstić information content (AvgIpc) is 2.74. The molecule has 0 fully saturated rings. The number of benzene rings is 1. The Morgan fingerprint density at radius 2 is 1.76 bits per heavy atom. The SMILES string of the molecule is CCC1(CC)CC(C)(OC)CC(c2cc(C)c(F)c(C)c2)=C1/C=C/C(O)CC(O)CC(=O)O.[NaH]. The van der Waals surface area contributed by atoms with Gasteiger partial charge in [-0.3, -0.25) is 4.79 Å². The van der Waals surface area contributed by atoms with E-state index in [4.69, 9.17) is 9.84 Å². The number of hydrogen-bond donors (Lipinski definition) is 3. The van der Waals surface area contributed by atoms with Crippen LogP contribution < -0.4 is 0 Å². The summed E-state index contributed by atoms with van der Waals surface area (Å²) >= 11 is 0. The van der Waals surface area contributed by atoms with Crippen molar-refractivity contribution in [1.29, 1.82) is 0 Å². The molecule has 0 bridgehead atoms. The van der Waals surface area contributed by atoms with Crippen molar-refractivity contribution in [2.45, 2.75) is 91.0 Å². The standard InChI is InChI=1S/C27H39FO5.Na.H/c1-7-27(8-2)16-26(5,33-6)15-22(19-11-17(3)25(28)18(4)12-19)23(27)10-9-20(29)13-21(30)14-24(31)32;;/h9-12,20-21,29-30H,7-8,13-16H2,1-6H3,(H,31,32);;/b10-9+;;. The third-order valence-electron chi connectivity index (χ3n) is 7.20. The van der Waals surface area contributed by atoms with Crippen molar-refractivity contribution < 1.29 is 29.2 Å². The quantitative estimate of drug-likeness (QED) is 0.418. The molecule has 1 aliphatic rings. The Morgan fingerprint density at radius 3 is 2.24 bits per heavy atom. The minimum atomic E-state index is -1.12. The zero-order valence-electron chi connectivity index (χ0n) is 20.7. The van der Waals surface area contributed by atoms with Crippen LogP contribution in [0, 0.1) is 25.1 Å². The molecule has 7 heteroatoms. The maximum absolute atomic E-state index is 14.4. The predicted octanol–water partition coefficient (Wildman–Crippen LogP) is 4.70. The molecular formula is C27H40FNaO5. The first kappa shape index (κ1) is 31.0. The fourth-order valence-corrected chi connectivity index (χ4v) is 5.19. The van der Waals surface area contributed by atoms with Gasteiger partial charge in [-0.2, -0.15) is 0 Å². The second-order valence-corrected chi connectivity index (χ2v) is 9.73. The zero-order chi connectivity index (χ0) is 25.0. The molecule has 34 heavy (non-hydrogen) atoms. The molecule has 0 spiro atoms. The van der Waals surface area contributed by atoms with E-state index < -0.39 is 24.6 Å². The van der Waals surface area contributed by atoms with E-state index in [1.807, 2.05) is 18.2 Å². The molecular weight excluding hydrogens is 446 g/mol. The Balaban J connectivity index is 0.00000578. The Morgan fingerprint density at radius 1 is 1.21 bits per heavy atom. The predicted molar refractivity (Wildman–Crippen MR) is 136 cm³/mol. The molecule has 2 rings (SSSR count). The fourth-order valence-electron chi connectivity index (χ4n) is 5.19. The van der Waals surface area contributed by atoms with E-state index in [0.717, 1.165) is 36.0 Å². The number of methoxy groups -OCH3 is 1. The van der Waals surface area contributed by atoms with Crippen molar-refractivity contribution in [3.8, 4) is 0 Å². The van der Waals surface area contributed by atoms with Crippen LogP contribution in [-0.2, 0) is 9.53 Å². The molecule has 0 saturated carbocycles. The monoisotopic (exact) mass is 486 g/mol. The molecule has 186 valence electrons. The van der Waals surface area contributed by atoms with Gasteiger partial charge in [-0.05, 0) is 85.4 Å². The van der Waals surface area contributed by atoms with Crippen molar-refractivity contribution in [1.82, 2.24) is 0 Å². The molecule has 0 aliphatic heterocycles. The summed E-state index contributed by atoms with van der Waals surface area (Å²) in [5.41, 5.74) is 3.67. The van der Waals surface area contributed by atoms with Gasteiger partial charge >= 0.3 is 35.5 Å². The fraction of sp³-hybridized carbons (Fsp3) is 0.593. The van der Waals surface area contributed by atoms with Crippen LogP contribution in [0.1, 0.15) is 76.0 Å². The van der Waals surface area contributed by atoms with Crippen LogP contribution in [-0.4, -0.2) is 75.8 Å². The van der Waals surface area contributed by atoms with Gasteiger partial charge in [0.05, 0.1) is 24.2 Å². The molecule has 3 atom stereocenters. The Hall–Kier alpha value is -1.02. The molecule has 3 unspecified atom stereocenters. The molecule has 5 nitrogen and oxygen atoms in total. The second-order valence-electron chi connectivity index (χ2n) is 9.73. The first-order valence-electron chi connectivity index (χ1n) is 11.7. The zero-order valence-corrected chi connectivity index (χ0v) is 20.7. The second kappa shape index (κ2) is 12.8. The number of allylic oxidation sites excluding steroid dienone is 2. The van der Waals surface area contributed by atoms with Gasteiger partial charge in [-0.25, -0.2) is 4.39 Å². The number of rotatable bonds is 10. The summed E-state index contributed by atoms with van der Waals surface area (Å²) in [5.74, 6) is -1.31. The number of ether oxygens (including phenoxy) is 1. The van der Waals surface area contributed by atoms with Gasteiger partial charge in [0.25, 0.3) is 0 Å². The van der Waals surface area contributed by atoms with E-state index in [-0.39, 0.29) is 52.8 Å². The van der Waals surface area contributed by atoms with Crippen LogP contribution in [0.2, 0.25) is 0 Å². The molecule has 1 aromatic rings. The number of aliphatic hydroxyl groups is 2. The summed E-state index contributed by atoms with van der Waals surface area (Å²) in [5, 5.41) is 29.2. The molecule has 1 aliphatic carbocycles. The van der Waals surface area contributed by atoms with Gasteiger partial charge in [0.15, 0.2) is 0 Å². The topological polar surface area (TPSA) is 87.0 Å². The van der Waals surface area contributed by atoms with Crippen molar-refractivity contribution in [2.24, 2.45) is 5.41 Å². The third-order valence-corrected chi connectivity index (χ3v) is 7.20. The summed E-state index contributed by atoms with van der Waals surface area (Å²) in [7, 11) is 1.73. The van der Waals surface area contributed by atoms with Crippen LogP contribution in [0.5, 0.6) is 0 Å². The first-order chi connectivity index (χ1) is 15.4. The van der Waals surface area contributed by atoms with E-state index in [0.29, 0.717) is 17.5 Å². The number of carboxylic acids is 1. The van der Waals surface area contributed by atoms with Gasteiger partial charge in [-0.15, -0.1) is 0 Å². The third kappa shape index (κ3) is 7.25. The average molecular weight is 487 g/mol. The van der Waals surface area contributed by atoms with Crippen LogP contribution >= 0.6 is 0 Å². The van der Waals surface area contributed by atoms with Gasteiger partial charge in [0.2, 0.25) is 0 Å². The minimum absolute atomic E-state index is 0. The number of hydrogen-bond acceptors (Lipinski definition) is 4. The number of carboxylic acid groups (broad SMARTS) is 1. The van der Waals surface area contributed by atoms with Crippen LogP contribution in [0.25, 0.3) is 5.57 Å². The van der Waals surface area contributed by atoms with Gasteiger partial charge < -0.3 is 20.1 Å². The maximum atomic E-state index is 14.4. The van der Waals surface area contributed by atoms with Gasteiger partial charge in [-0.1, -0.05) is 26.0 Å². The van der Waals surface area contributed by atoms with Crippen LogP contribution in [0.3, 0.4) is 0 Å². The van der Waals surface area contributed by atoms with Crippen molar-refractivity contribution >= 4 is 41.1 Å². The van der Waals surface area contributed by atoms with Crippen molar-refractivity contribution in [3.05, 3.63) is 52.4 Å². The van der Waals surface area contributed by atoms with E-state index in [9.17, 15) is 19.4 Å². The van der Waals surface area contributed by atoms with E-state index in [1.54, 1.807) is 27.0 Å². The number of aliphatic carboxylic acids is 1. The number of aliphatic hydroxyl groups excluding tert-OH is 2. The van der Waals surface area contributed by atoms with Crippen molar-refractivity contribution in [2.75, 3.05) is 7.11 Å². The van der Waals surface area contributed by atoms with Gasteiger partial charge in [0, 0.05) is 20.0 Å². The van der Waals surface area contributed by atoms with Crippen LogP contribution in [0.4, 0.5) is 4.39 Å². The normalized spacial score (nSPS) is 21.9. The Labute approximate surface area is 225 Å². The Bertz CT molecular complexity index is 899. The summed E-state index contributed by atoms with van der Waals surface area (Å²) in [6.45, 7) is 9.92. The summed E-state index contributed by atoms with van der Waals surface area (Å²) in [6.07, 6.45) is 4.18. The Kier molecular flexibility index (Phi) is 11.7. The molecule has 0 aromatic heterocycles. The molecule has 0 saturated heterocycles. The number of aryl methyl sites for hydroxylation is 2. The molecule has 1 aromatic carbocycles. The van der Waals surface area contributed by atoms with E-state index in [2.05, 4.69) is 20.8 Å². The van der Waals surface area contributed by atoms with E-state index in [1.165, 1.54) is 0 Å². The van der Waals surface area contributed by atoms with Gasteiger partial charge in [0.1, 0.15) is 5.82 Å². The summed E-state index contributed by atoms with van der Waals surface area (Å²) in [6, 6.07) is 3.74. The molecule has 0 heterocycles. The summed E-state index contributed by atoms with van der Waals surface area (Å²) < 4.78 is 20.4. The first-order valence-corrected chi connectivity index (χ1v) is 11.7. The molecule has 0 amide bonds.